The predicted octanol–water partition coefficient (Wildman–Crippen LogP) is 1.39. The van der Waals surface area contributed by atoms with Gasteiger partial charge in [0.2, 0.25) is 0 Å². The molecule has 6 nitrogen and oxygen atoms in total. The van der Waals surface area contributed by atoms with Crippen LogP contribution in [0, 0.1) is 6.92 Å². The molecule has 21 heavy (non-hydrogen) atoms. The van der Waals surface area contributed by atoms with Crippen molar-refractivity contribution in [2.24, 2.45) is 0 Å². The van der Waals surface area contributed by atoms with Gasteiger partial charge in [0, 0.05) is 29.1 Å². The van der Waals surface area contributed by atoms with Crippen LogP contribution in [0.1, 0.15) is 37.4 Å². The van der Waals surface area contributed by atoms with Gasteiger partial charge in [0.25, 0.3) is 10.0 Å². The molecule has 0 saturated heterocycles. The van der Waals surface area contributed by atoms with E-state index in [2.05, 4.69) is 27.2 Å². The SMILES string of the molecule is CCSC1CCCC1NS(=O)(=O)c1n[nH]c(C)c1CNC. The van der Waals surface area contributed by atoms with Crippen molar-refractivity contribution in [3.8, 4) is 0 Å². The van der Waals surface area contributed by atoms with Gasteiger partial charge in [-0.25, -0.2) is 13.1 Å². The molecule has 0 spiro atoms. The highest BCUT2D eigenvalue weighted by Crippen LogP contribution is 2.31. The van der Waals surface area contributed by atoms with Crippen LogP contribution in [0.15, 0.2) is 5.03 Å². The lowest BCUT2D eigenvalue weighted by Crippen LogP contribution is -2.39. The summed E-state index contributed by atoms with van der Waals surface area (Å²) in [6.45, 7) is 4.43. The summed E-state index contributed by atoms with van der Waals surface area (Å²) in [6, 6.07) is 0.0133. The number of sulfonamides is 1. The Morgan fingerprint density at radius 3 is 2.86 bits per heavy atom. The van der Waals surface area contributed by atoms with E-state index >= 15 is 0 Å². The molecule has 2 unspecified atom stereocenters. The van der Waals surface area contributed by atoms with Crippen molar-refractivity contribution in [2.75, 3.05) is 12.8 Å². The van der Waals surface area contributed by atoms with E-state index < -0.39 is 10.0 Å². The molecule has 2 rings (SSSR count). The van der Waals surface area contributed by atoms with Crippen LogP contribution in [-0.2, 0) is 16.6 Å². The van der Waals surface area contributed by atoms with Gasteiger partial charge >= 0.3 is 0 Å². The lowest BCUT2D eigenvalue weighted by atomic mass is 10.3. The lowest BCUT2D eigenvalue weighted by molar-refractivity contribution is 0.549. The first-order valence-electron chi connectivity index (χ1n) is 7.32. The van der Waals surface area contributed by atoms with E-state index in [9.17, 15) is 8.42 Å². The number of aromatic amines is 1. The summed E-state index contributed by atoms with van der Waals surface area (Å²) in [6.07, 6.45) is 3.06. The Morgan fingerprint density at radius 1 is 1.43 bits per heavy atom. The van der Waals surface area contributed by atoms with Crippen LogP contribution in [-0.4, -0.2) is 42.7 Å². The van der Waals surface area contributed by atoms with E-state index in [-0.39, 0.29) is 11.1 Å². The zero-order chi connectivity index (χ0) is 15.5. The van der Waals surface area contributed by atoms with Crippen molar-refractivity contribution >= 4 is 21.8 Å². The van der Waals surface area contributed by atoms with E-state index in [1.807, 2.05) is 18.7 Å². The molecule has 0 amide bonds. The number of aromatic nitrogens is 2. The third-order valence-electron chi connectivity index (χ3n) is 3.78. The van der Waals surface area contributed by atoms with E-state index in [1.54, 1.807) is 7.05 Å². The van der Waals surface area contributed by atoms with Crippen molar-refractivity contribution in [3.05, 3.63) is 11.3 Å². The quantitative estimate of drug-likeness (QED) is 0.702. The topological polar surface area (TPSA) is 86.9 Å². The van der Waals surface area contributed by atoms with E-state index in [0.29, 0.717) is 17.4 Å². The molecule has 120 valence electrons. The zero-order valence-corrected chi connectivity index (χ0v) is 14.4. The number of H-pyrrole nitrogens is 1. The molecule has 1 aliphatic carbocycles. The lowest BCUT2D eigenvalue weighted by Gasteiger charge is -2.19. The molecule has 0 radical (unpaired) electrons. The molecule has 1 aliphatic rings. The first kappa shape index (κ1) is 16.8. The maximum absolute atomic E-state index is 12.6. The molecule has 1 heterocycles. The van der Waals surface area contributed by atoms with Gasteiger partial charge in [0.05, 0.1) is 0 Å². The van der Waals surface area contributed by atoms with Crippen molar-refractivity contribution in [1.29, 1.82) is 0 Å². The number of rotatable bonds is 7. The van der Waals surface area contributed by atoms with Gasteiger partial charge in [0.1, 0.15) is 0 Å². The second kappa shape index (κ2) is 7.13. The number of nitrogens with zero attached hydrogens (tertiary/aromatic N) is 1. The Kier molecular flexibility index (Phi) is 5.70. The number of nitrogens with one attached hydrogen (secondary N) is 3. The number of hydrogen-bond donors (Lipinski definition) is 3. The number of hydrogen-bond acceptors (Lipinski definition) is 5. The molecule has 1 saturated carbocycles. The van der Waals surface area contributed by atoms with Gasteiger partial charge in [-0.05, 0) is 32.6 Å². The fourth-order valence-corrected chi connectivity index (χ4v) is 5.56. The van der Waals surface area contributed by atoms with Crippen molar-refractivity contribution < 1.29 is 8.42 Å². The van der Waals surface area contributed by atoms with Crippen molar-refractivity contribution in [2.45, 2.75) is 56.0 Å². The molecule has 8 heteroatoms. The van der Waals surface area contributed by atoms with E-state index in [4.69, 9.17) is 0 Å². The summed E-state index contributed by atoms with van der Waals surface area (Å²) >= 11 is 1.84. The highest BCUT2D eigenvalue weighted by molar-refractivity contribution is 8.00. The molecule has 0 bridgehead atoms. The fraction of sp³-hybridized carbons (Fsp3) is 0.769. The van der Waals surface area contributed by atoms with Gasteiger partial charge < -0.3 is 5.32 Å². The maximum Gasteiger partial charge on any atom is 0.260 e. The summed E-state index contributed by atoms with van der Waals surface area (Å²) < 4.78 is 28.1. The third kappa shape index (κ3) is 3.80. The number of aryl methyl sites for hydroxylation is 1. The molecule has 0 aliphatic heterocycles. The second-order valence-corrected chi connectivity index (χ2v) is 8.46. The van der Waals surface area contributed by atoms with Gasteiger partial charge in [-0.1, -0.05) is 13.3 Å². The van der Waals surface area contributed by atoms with Crippen molar-refractivity contribution in [1.82, 2.24) is 20.2 Å². The van der Waals surface area contributed by atoms with Crippen molar-refractivity contribution in [3.63, 3.8) is 0 Å². The molecule has 0 aromatic carbocycles. The smallest absolute Gasteiger partial charge is 0.260 e. The van der Waals surface area contributed by atoms with Gasteiger partial charge in [-0.2, -0.15) is 16.9 Å². The van der Waals surface area contributed by atoms with Gasteiger partial charge in [-0.15, -0.1) is 0 Å². The van der Waals surface area contributed by atoms with E-state index in [0.717, 1.165) is 30.7 Å². The summed E-state index contributed by atoms with van der Waals surface area (Å²) in [5.74, 6) is 1.01. The first-order chi connectivity index (χ1) is 9.99. The summed E-state index contributed by atoms with van der Waals surface area (Å²) in [5.41, 5.74) is 1.50. The Morgan fingerprint density at radius 2 is 2.19 bits per heavy atom. The zero-order valence-electron chi connectivity index (χ0n) is 12.8. The Labute approximate surface area is 130 Å². The average Bonchev–Trinajstić information content (AvgIpc) is 2.99. The fourth-order valence-electron chi connectivity index (χ4n) is 2.77. The normalized spacial score (nSPS) is 22.8. The molecule has 1 aromatic heterocycles. The predicted molar refractivity (Wildman–Crippen MR) is 86.0 cm³/mol. The monoisotopic (exact) mass is 332 g/mol. The molecule has 2 atom stereocenters. The van der Waals surface area contributed by atoms with Crippen LogP contribution in [0.25, 0.3) is 0 Å². The van der Waals surface area contributed by atoms with Crippen LogP contribution in [0.3, 0.4) is 0 Å². The Balaban J connectivity index is 2.18. The minimum atomic E-state index is -3.57. The molecule has 1 aromatic rings. The molecule has 1 fully saturated rings. The summed E-state index contributed by atoms with van der Waals surface area (Å²) in [5, 5.41) is 10.3. The van der Waals surface area contributed by atoms with Gasteiger partial charge in [-0.3, -0.25) is 5.10 Å². The third-order valence-corrected chi connectivity index (χ3v) is 6.57. The Hall–Kier alpha value is -0.570. The first-order valence-corrected chi connectivity index (χ1v) is 9.85. The Bertz CT molecular complexity index is 571. The van der Waals surface area contributed by atoms with Crippen LogP contribution >= 0.6 is 11.8 Å². The van der Waals surface area contributed by atoms with E-state index in [1.165, 1.54) is 0 Å². The number of thioether (sulfide) groups is 1. The molecular weight excluding hydrogens is 308 g/mol. The van der Waals surface area contributed by atoms with Crippen LogP contribution in [0.4, 0.5) is 0 Å². The highest BCUT2D eigenvalue weighted by Gasteiger charge is 2.33. The largest absolute Gasteiger partial charge is 0.316 e. The minimum Gasteiger partial charge on any atom is -0.316 e. The van der Waals surface area contributed by atoms with Crippen LogP contribution in [0.5, 0.6) is 0 Å². The average molecular weight is 332 g/mol. The maximum atomic E-state index is 12.6. The second-order valence-electron chi connectivity index (χ2n) is 5.32. The molecular formula is C13H24N4O2S2. The summed E-state index contributed by atoms with van der Waals surface area (Å²) in [4.78, 5) is 0. The highest BCUT2D eigenvalue weighted by atomic mass is 32.2. The molecule has 3 N–H and O–H groups in total. The van der Waals surface area contributed by atoms with Crippen LogP contribution in [0.2, 0.25) is 0 Å². The van der Waals surface area contributed by atoms with Gasteiger partial charge in [0.15, 0.2) is 5.03 Å². The standard InChI is InChI=1S/C13H24N4O2S2/c1-4-20-12-7-5-6-11(12)17-21(18,19)13-10(8-14-3)9(2)15-16-13/h11-12,14,17H,4-8H2,1-3H3,(H,15,16). The minimum absolute atomic E-state index is 0.0133. The van der Waals surface area contributed by atoms with Crippen LogP contribution < -0.4 is 10.0 Å². The summed E-state index contributed by atoms with van der Waals surface area (Å²) in [7, 11) is -1.78.